The molecule has 0 bridgehead atoms. The summed E-state index contributed by atoms with van der Waals surface area (Å²) in [6, 6.07) is 6.54. The summed E-state index contributed by atoms with van der Waals surface area (Å²) >= 11 is 0. The summed E-state index contributed by atoms with van der Waals surface area (Å²) in [4.78, 5) is 37.6. The fourth-order valence-corrected chi connectivity index (χ4v) is 4.31. The van der Waals surface area contributed by atoms with Crippen LogP contribution in [0.2, 0.25) is 0 Å². The first-order valence-corrected chi connectivity index (χ1v) is 14.3. The van der Waals surface area contributed by atoms with E-state index >= 15 is 0 Å². The van der Waals surface area contributed by atoms with Crippen LogP contribution in [0.5, 0.6) is 5.75 Å². The lowest BCUT2D eigenvalue weighted by Gasteiger charge is -2.31. The number of nitrogens with one attached hydrogen (secondary N) is 2. The van der Waals surface area contributed by atoms with Gasteiger partial charge in [0.25, 0.3) is 5.91 Å². The first kappa shape index (κ1) is 38.6. The number of benzene rings is 1. The third-order valence-electron chi connectivity index (χ3n) is 7.36. The Balaban J connectivity index is 0.0000160. The molecule has 0 saturated carbocycles. The molecule has 11 heteroatoms. The molecular weight excluding hydrogens is 548 g/mol. The number of hydrogen-bond acceptors (Lipinski definition) is 7. The monoisotopic (exact) mass is 600 g/mol. The van der Waals surface area contributed by atoms with Crippen molar-refractivity contribution >= 4 is 30.1 Å². The maximum atomic E-state index is 13.0. The summed E-state index contributed by atoms with van der Waals surface area (Å²) in [5, 5.41) is 16.6. The van der Waals surface area contributed by atoms with Crippen LogP contribution in [0.15, 0.2) is 24.3 Å². The fraction of sp³-hybridized carbons (Fsp3) is 0.700. The third kappa shape index (κ3) is 13.4. The Labute approximate surface area is 252 Å². The van der Waals surface area contributed by atoms with E-state index in [2.05, 4.69) is 10.6 Å². The molecule has 1 aromatic carbocycles. The van der Waals surface area contributed by atoms with E-state index in [4.69, 9.17) is 20.9 Å². The highest BCUT2D eigenvalue weighted by atomic mass is 35.5. The molecule has 41 heavy (non-hydrogen) atoms. The minimum absolute atomic E-state index is 0. The zero-order valence-corrected chi connectivity index (χ0v) is 26.6. The molecule has 4 unspecified atom stereocenters. The van der Waals surface area contributed by atoms with E-state index in [0.717, 1.165) is 12.8 Å². The van der Waals surface area contributed by atoms with E-state index in [1.807, 2.05) is 33.8 Å². The van der Waals surface area contributed by atoms with Crippen molar-refractivity contribution in [3.8, 4) is 5.75 Å². The summed E-state index contributed by atoms with van der Waals surface area (Å²) in [7, 11) is 1.66. The standard InChI is InChI=1S/C30H52N4O6.ClH/c1-19(2)21(18-33-27(36)22-12-8-9-13-26(22)40-15-11-10-14-39-7)16-24(31)25(35)17-23(20(3)4)28(37)34-30(5,6)29(32)38;/h8-9,12-13,19-21,23-25,35H,10-11,14-18,31H2,1-7H3,(H2,32,38)(H,33,36)(H,34,37);1H. The maximum absolute atomic E-state index is 13.0. The molecule has 1 rings (SSSR count). The second kappa shape index (κ2) is 18.9. The van der Waals surface area contributed by atoms with Gasteiger partial charge in [-0.15, -0.1) is 12.4 Å². The second-order valence-electron chi connectivity index (χ2n) is 11.8. The zero-order chi connectivity index (χ0) is 30.5. The van der Waals surface area contributed by atoms with Crippen LogP contribution in [0.1, 0.15) is 77.6 Å². The number of aliphatic hydroxyl groups excluding tert-OH is 1. The molecule has 236 valence electrons. The molecule has 10 nitrogen and oxygen atoms in total. The van der Waals surface area contributed by atoms with Gasteiger partial charge in [-0.2, -0.15) is 0 Å². The van der Waals surface area contributed by atoms with E-state index in [0.29, 0.717) is 37.5 Å². The van der Waals surface area contributed by atoms with Crippen LogP contribution in [0.4, 0.5) is 0 Å². The molecule has 0 fully saturated rings. The number of ether oxygens (including phenoxy) is 2. The number of carbonyl (C=O) groups is 3. The third-order valence-corrected chi connectivity index (χ3v) is 7.36. The normalized spacial score (nSPS) is 14.5. The maximum Gasteiger partial charge on any atom is 0.255 e. The number of amides is 3. The Kier molecular flexibility index (Phi) is 17.8. The highest BCUT2D eigenvalue weighted by Gasteiger charge is 2.34. The minimum atomic E-state index is -1.20. The van der Waals surface area contributed by atoms with Crippen molar-refractivity contribution in [3.05, 3.63) is 29.8 Å². The van der Waals surface area contributed by atoms with Gasteiger partial charge in [-0.25, -0.2) is 0 Å². The predicted molar refractivity (Wildman–Crippen MR) is 164 cm³/mol. The summed E-state index contributed by atoms with van der Waals surface area (Å²) in [5.41, 5.74) is 11.1. The predicted octanol–water partition coefficient (Wildman–Crippen LogP) is 3.04. The van der Waals surface area contributed by atoms with Crippen molar-refractivity contribution in [3.63, 3.8) is 0 Å². The van der Waals surface area contributed by atoms with Crippen LogP contribution in [0, 0.1) is 23.7 Å². The summed E-state index contributed by atoms with van der Waals surface area (Å²) in [6.45, 7) is 12.5. The van der Waals surface area contributed by atoms with Crippen LogP contribution in [0.3, 0.4) is 0 Å². The van der Waals surface area contributed by atoms with E-state index in [1.165, 1.54) is 0 Å². The molecule has 7 N–H and O–H groups in total. The Hall–Kier alpha value is -2.40. The molecule has 4 atom stereocenters. The summed E-state index contributed by atoms with van der Waals surface area (Å²) in [6.07, 6.45) is 1.35. The van der Waals surface area contributed by atoms with Crippen molar-refractivity contribution in [2.75, 3.05) is 26.9 Å². The van der Waals surface area contributed by atoms with Crippen LogP contribution >= 0.6 is 12.4 Å². The smallest absolute Gasteiger partial charge is 0.255 e. The number of unbranched alkanes of at least 4 members (excludes halogenated alkanes) is 1. The fourth-order valence-electron chi connectivity index (χ4n) is 4.31. The van der Waals surface area contributed by atoms with Crippen LogP contribution < -0.4 is 26.8 Å². The first-order chi connectivity index (χ1) is 18.7. The average molecular weight is 601 g/mol. The average Bonchev–Trinajstić information content (AvgIpc) is 2.88. The van der Waals surface area contributed by atoms with Crippen molar-refractivity contribution in [1.29, 1.82) is 0 Å². The van der Waals surface area contributed by atoms with Crippen LogP contribution in [-0.4, -0.2) is 67.4 Å². The topological polar surface area (TPSA) is 166 Å². The number of halogens is 1. The number of aliphatic hydroxyl groups is 1. The van der Waals surface area contributed by atoms with Crippen LogP contribution in [0.25, 0.3) is 0 Å². The largest absolute Gasteiger partial charge is 0.493 e. The Morgan fingerprint density at radius 3 is 2.17 bits per heavy atom. The van der Waals surface area contributed by atoms with Gasteiger partial charge in [0.05, 0.1) is 18.3 Å². The number of rotatable bonds is 19. The molecule has 0 radical (unpaired) electrons. The number of hydrogen-bond donors (Lipinski definition) is 5. The molecule has 0 heterocycles. The van der Waals surface area contributed by atoms with E-state index in [-0.39, 0.29) is 48.4 Å². The molecule has 0 saturated heterocycles. The molecule has 0 aliphatic heterocycles. The number of para-hydroxylation sites is 1. The van der Waals surface area contributed by atoms with Gasteiger partial charge in [-0.1, -0.05) is 39.8 Å². The van der Waals surface area contributed by atoms with E-state index < -0.39 is 29.5 Å². The lowest BCUT2D eigenvalue weighted by molar-refractivity contribution is -0.134. The summed E-state index contributed by atoms with van der Waals surface area (Å²) in [5.74, 6) is -1.15. The van der Waals surface area contributed by atoms with E-state index in [1.54, 1.807) is 39.2 Å². The molecule has 1 aromatic rings. The van der Waals surface area contributed by atoms with Gasteiger partial charge in [-0.05, 0) is 69.4 Å². The van der Waals surface area contributed by atoms with Gasteiger partial charge < -0.3 is 36.7 Å². The van der Waals surface area contributed by atoms with Gasteiger partial charge >= 0.3 is 0 Å². The SMILES string of the molecule is COCCCCOc1ccccc1C(=O)NCC(CC(N)C(O)CC(C(=O)NC(C)(C)C(N)=O)C(C)C)C(C)C.Cl. The lowest BCUT2D eigenvalue weighted by atomic mass is 9.82. The zero-order valence-electron chi connectivity index (χ0n) is 25.8. The van der Waals surface area contributed by atoms with Gasteiger partial charge in [0.15, 0.2) is 0 Å². The summed E-state index contributed by atoms with van der Waals surface area (Å²) < 4.78 is 10.9. The van der Waals surface area contributed by atoms with Crippen molar-refractivity contribution in [1.82, 2.24) is 10.6 Å². The van der Waals surface area contributed by atoms with Crippen LogP contribution in [-0.2, 0) is 14.3 Å². The molecule has 0 aliphatic rings. The van der Waals surface area contributed by atoms with Crippen molar-refractivity contribution in [2.45, 2.75) is 84.9 Å². The van der Waals surface area contributed by atoms with Crippen molar-refractivity contribution < 1.29 is 29.0 Å². The van der Waals surface area contributed by atoms with Crippen molar-refractivity contribution in [2.24, 2.45) is 35.1 Å². The highest BCUT2D eigenvalue weighted by Crippen LogP contribution is 2.24. The molecule has 0 spiro atoms. The number of methoxy groups -OCH3 is 1. The van der Waals surface area contributed by atoms with Gasteiger partial charge in [0, 0.05) is 32.2 Å². The van der Waals surface area contributed by atoms with Gasteiger partial charge in [0.2, 0.25) is 11.8 Å². The molecular formula is C30H53ClN4O6. The highest BCUT2D eigenvalue weighted by molar-refractivity contribution is 5.96. The number of carbonyl (C=O) groups excluding carboxylic acids is 3. The number of primary amides is 1. The van der Waals surface area contributed by atoms with Gasteiger partial charge in [0.1, 0.15) is 11.3 Å². The Morgan fingerprint density at radius 1 is 1.00 bits per heavy atom. The molecule has 3 amide bonds. The molecule has 0 aromatic heterocycles. The second-order valence-corrected chi connectivity index (χ2v) is 11.8. The quantitative estimate of drug-likeness (QED) is 0.152. The van der Waals surface area contributed by atoms with Gasteiger partial charge in [-0.3, -0.25) is 14.4 Å². The Morgan fingerprint density at radius 2 is 1.61 bits per heavy atom. The minimum Gasteiger partial charge on any atom is -0.493 e. The lowest BCUT2D eigenvalue weighted by Crippen LogP contribution is -2.55. The molecule has 0 aliphatic carbocycles. The first-order valence-electron chi connectivity index (χ1n) is 14.3. The Bertz CT molecular complexity index is 943. The number of nitrogens with two attached hydrogens (primary N) is 2. The van der Waals surface area contributed by atoms with E-state index in [9.17, 15) is 19.5 Å².